The summed E-state index contributed by atoms with van der Waals surface area (Å²) in [5.74, 6) is 3.18. The summed E-state index contributed by atoms with van der Waals surface area (Å²) in [6.45, 7) is 8.01. The molecule has 3 atom stereocenters. The minimum Gasteiger partial charge on any atom is -0.395 e. The Labute approximate surface area is 107 Å². The first-order valence-corrected chi connectivity index (χ1v) is 9.97. The molecule has 0 aromatic carbocycles. The monoisotopic (exact) mass is 256 g/mol. The average molecular weight is 256 g/mol. The third kappa shape index (κ3) is 3.80. The molecule has 2 saturated carbocycles. The summed E-state index contributed by atoms with van der Waals surface area (Å²) >= 11 is 0. The van der Waals surface area contributed by atoms with Crippen molar-refractivity contribution in [1.82, 2.24) is 0 Å². The van der Waals surface area contributed by atoms with E-state index in [-0.39, 0.29) is 0 Å². The van der Waals surface area contributed by atoms with Crippen LogP contribution in [0.25, 0.3) is 0 Å². The number of fused-ring (bicyclic) bond motifs is 1. The summed E-state index contributed by atoms with van der Waals surface area (Å²) in [4.78, 5) is 0. The molecule has 100 valence electrons. The van der Waals surface area contributed by atoms with Gasteiger partial charge in [0, 0.05) is 13.2 Å². The first-order valence-electron chi connectivity index (χ1n) is 7.44. The average Bonchev–Trinajstić information content (AvgIpc) is 3.05. The first-order chi connectivity index (χ1) is 8.17. The zero-order chi connectivity index (χ0) is 12.3. The Morgan fingerprint density at radius 3 is 2.29 bits per heavy atom. The lowest BCUT2D eigenvalue weighted by Crippen LogP contribution is -2.39. The van der Waals surface area contributed by atoms with E-state index in [1.807, 2.05) is 0 Å². The Morgan fingerprint density at radius 1 is 1.00 bits per heavy atom. The van der Waals surface area contributed by atoms with Gasteiger partial charge in [0.25, 0.3) is 0 Å². The van der Waals surface area contributed by atoms with Crippen molar-refractivity contribution in [2.75, 3.05) is 13.2 Å². The molecule has 0 aliphatic heterocycles. The first kappa shape index (κ1) is 13.6. The Kier molecular flexibility index (Phi) is 4.67. The van der Waals surface area contributed by atoms with E-state index < -0.39 is 8.56 Å². The second kappa shape index (κ2) is 5.85. The molecule has 2 aliphatic carbocycles. The zero-order valence-corrected chi connectivity index (χ0v) is 12.7. The molecule has 2 nitrogen and oxygen atoms in total. The molecular weight excluding hydrogens is 228 g/mol. The Bertz CT molecular complexity index is 238. The van der Waals surface area contributed by atoms with Gasteiger partial charge < -0.3 is 8.85 Å². The van der Waals surface area contributed by atoms with E-state index >= 15 is 0 Å². The maximum atomic E-state index is 5.91. The molecule has 3 heteroatoms. The Hall–Kier alpha value is 0.137. The highest BCUT2D eigenvalue weighted by molar-refractivity contribution is 6.66. The van der Waals surface area contributed by atoms with Crippen LogP contribution < -0.4 is 0 Å². The van der Waals surface area contributed by atoms with Gasteiger partial charge in [-0.3, -0.25) is 0 Å². The second-order valence-electron chi connectivity index (χ2n) is 5.97. The molecule has 0 bridgehead atoms. The van der Waals surface area contributed by atoms with Crippen molar-refractivity contribution < 1.29 is 8.85 Å². The maximum Gasteiger partial charge on any atom is 0.334 e. The molecule has 2 fully saturated rings. The van der Waals surface area contributed by atoms with E-state index in [4.69, 9.17) is 8.85 Å². The van der Waals surface area contributed by atoms with Gasteiger partial charge in [0.1, 0.15) is 0 Å². The van der Waals surface area contributed by atoms with E-state index in [0.717, 1.165) is 31.0 Å². The predicted molar refractivity (Wildman–Crippen MR) is 73.2 cm³/mol. The number of hydrogen-bond donors (Lipinski definition) is 0. The summed E-state index contributed by atoms with van der Waals surface area (Å²) in [6.07, 6.45) is 7.32. The highest BCUT2D eigenvalue weighted by Gasteiger charge is 2.42. The summed E-state index contributed by atoms with van der Waals surface area (Å²) < 4.78 is 11.8. The molecule has 0 saturated heterocycles. The fraction of sp³-hybridized carbons (Fsp3) is 1.00. The Morgan fingerprint density at radius 2 is 1.71 bits per heavy atom. The molecule has 0 amide bonds. The van der Waals surface area contributed by atoms with Gasteiger partial charge in [0.15, 0.2) is 0 Å². The lowest BCUT2D eigenvalue weighted by molar-refractivity contribution is 0.184. The molecule has 2 rings (SSSR count). The third-order valence-corrected chi connectivity index (χ3v) is 7.55. The third-order valence-electron chi connectivity index (χ3n) is 4.56. The lowest BCUT2D eigenvalue weighted by Gasteiger charge is -2.29. The van der Waals surface area contributed by atoms with Crippen molar-refractivity contribution in [2.45, 2.75) is 58.5 Å². The smallest absolute Gasteiger partial charge is 0.334 e. The van der Waals surface area contributed by atoms with Crippen LogP contribution in [0.15, 0.2) is 0 Å². The van der Waals surface area contributed by atoms with E-state index in [9.17, 15) is 0 Å². The molecule has 0 aromatic heterocycles. The van der Waals surface area contributed by atoms with Gasteiger partial charge in [-0.05, 0) is 69.9 Å². The standard InChI is InChI=1S/C14H28O2Si/c1-4-15-17(3,16-5-2)9-8-12-6-7-13-11-14(13)10-12/h12-14H,4-11H2,1-3H3. The van der Waals surface area contributed by atoms with Gasteiger partial charge in [0.05, 0.1) is 0 Å². The van der Waals surface area contributed by atoms with Crippen LogP contribution in [0.2, 0.25) is 12.6 Å². The lowest BCUT2D eigenvalue weighted by atomic mass is 9.87. The van der Waals surface area contributed by atoms with Crippen LogP contribution in [0.4, 0.5) is 0 Å². The van der Waals surface area contributed by atoms with Crippen LogP contribution in [0, 0.1) is 17.8 Å². The van der Waals surface area contributed by atoms with Crippen molar-refractivity contribution in [3.63, 3.8) is 0 Å². The van der Waals surface area contributed by atoms with Gasteiger partial charge in [0.2, 0.25) is 0 Å². The van der Waals surface area contributed by atoms with Crippen molar-refractivity contribution in [1.29, 1.82) is 0 Å². The normalized spacial score (nSPS) is 32.3. The van der Waals surface area contributed by atoms with E-state index in [2.05, 4.69) is 20.4 Å². The van der Waals surface area contributed by atoms with E-state index in [1.54, 1.807) is 0 Å². The van der Waals surface area contributed by atoms with Crippen LogP contribution in [0.1, 0.15) is 46.0 Å². The maximum absolute atomic E-state index is 5.91. The zero-order valence-electron chi connectivity index (χ0n) is 11.7. The summed E-state index contributed by atoms with van der Waals surface area (Å²) in [5.41, 5.74) is 0. The fourth-order valence-electron chi connectivity index (χ4n) is 3.47. The summed E-state index contributed by atoms with van der Waals surface area (Å²) in [7, 11) is -1.84. The summed E-state index contributed by atoms with van der Waals surface area (Å²) in [5, 5.41) is 0. The highest BCUT2D eigenvalue weighted by atomic mass is 28.4. The van der Waals surface area contributed by atoms with Gasteiger partial charge in [-0.2, -0.15) is 0 Å². The van der Waals surface area contributed by atoms with Crippen molar-refractivity contribution in [3.8, 4) is 0 Å². The Balaban J connectivity index is 1.73. The van der Waals surface area contributed by atoms with Gasteiger partial charge >= 0.3 is 8.56 Å². The van der Waals surface area contributed by atoms with Crippen LogP contribution in [0.5, 0.6) is 0 Å². The molecule has 3 unspecified atom stereocenters. The van der Waals surface area contributed by atoms with Gasteiger partial charge in [-0.1, -0.05) is 6.42 Å². The molecule has 0 spiro atoms. The number of hydrogen-bond acceptors (Lipinski definition) is 2. The second-order valence-corrected chi connectivity index (χ2v) is 9.32. The van der Waals surface area contributed by atoms with Crippen LogP contribution >= 0.6 is 0 Å². The SMILES string of the molecule is CCO[Si](C)(CCC1CCC2CC2C1)OCC. The topological polar surface area (TPSA) is 18.5 Å². The predicted octanol–water partition coefficient (Wildman–Crippen LogP) is 3.96. The van der Waals surface area contributed by atoms with Crippen molar-refractivity contribution in [2.24, 2.45) is 17.8 Å². The number of rotatable bonds is 7. The molecular formula is C14H28O2Si. The van der Waals surface area contributed by atoms with Crippen molar-refractivity contribution >= 4 is 8.56 Å². The molecule has 17 heavy (non-hydrogen) atoms. The van der Waals surface area contributed by atoms with Crippen LogP contribution in [0.3, 0.4) is 0 Å². The minimum atomic E-state index is -1.84. The quantitative estimate of drug-likeness (QED) is 0.642. The van der Waals surface area contributed by atoms with Crippen LogP contribution in [-0.4, -0.2) is 21.8 Å². The van der Waals surface area contributed by atoms with E-state index in [1.165, 1.54) is 38.1 Å². The molecule has 0 heterocycles. The van der Waals surface area contributed by atoms with Crippen molar-refractivity contribution in [3.05, 3.63) is 0 Å². The van der Waals surface area contributed by atoms with E-state index in [0.29, 0.717) is 0 Å². The molecule has 0 aromatic rings. The fourth-order valence-corrected chi connectivity index (χ4v) is 6.00. The molecule has 0 N–H and O–H groups in total. The van der Waals surface area contributed by atoms with Gasteiger partial charge in [-0.15, -0.1) is 0 Å². The highest BCUT2D eigenvalue weighted by Crippen LogP contribution is 2.52. The van der Waals surface area contributed by atoms with Crippen LogP contribution in [-0.2, 0) is 8.85 Å². The van der Waals surface area contributed by atoms with Gasteiger partial charge in [-0.25, -0.2) is 0 Å². The summed E-state index contributed by atoms with van der Waals surface area (Å²) in [6, 6.07) is 1.19. The molecule has 2 aliphatic rings. The minimum absolute atomic E-state index is 0.804. The largest absolute Gasteiger partial charge is 0.395 e. The molecule has 0 radical (unpaired) electrons.